The van der Waals surface area contributed by atoms with Crippen molar-refractivity contribution in [2.45, 2.75) is 49.6 Å². The van der Waals surface area contributed by atoms with Crippen LogP contribution in [0.15, 0.2) is 29.2 Å². The van der Waals surface area contributed by atoms with E-state index < -0.39 is 10.0 Å². The molecule has 0 aliphatic heterocycles. The molecule has 0 saturated heterocycles. The maximum atomic E-state index is 12.1. The van der Waals surface area contributed by atoms with Crippen LogP contribution in [0.4, 0.5) is 0 Å². The van der Waals surface area contributed by atoms with Gasteiger partial charge in [0, 0.05) is 20.1 Å². The zero-order valence-electron chi connectivity index (χ0n) is 14.2. The molecule has 1 fully saturated rings. The minimum Gasteiger partial charge on any atom is -0.393 e. The predicted octanol–water partition coefficient (Wildman–Crippen LogP) is 2.14. The molecule has 0 aromatic heterocycles. The fourth-order valence-corrected chi connectivity index (χ4v) is 3.95. The lowest BCUT2D eigenvalue weighted by atomic mass is 9.87. The summed E-state index contributed by atoms with van der Waals surface area (Å²) in [5.74, 6) is 0.523. The van der Waals surface area contributed by atoms with Gasteiger partial charge >= 0.3 is 0 Å². The van der Waals surface area contributed by atoms with Crippen LogP contribution < -0.4 is 5.32 Å². The van der Waals surface area contributed by atoms with E-state index in [1.807, 2.05) is 12.1 Å². The first-order chi connectivity index (χ1) is 10.8. The summed E-state index contributed by atoms with van der Waals surface area (Å²) in [6.45, 7) is 2.96. The van der Waals surface area contributed by atoms with Crippen LogP contribution in [0.25, 0.3) is 0 Å². The van der Waals surface area contributed by atoms with E-state index in [0.29, 0.717) is 10.8 Å². The van der Waals surface area contributed by atoms with Crippen molar-refractivity contribution in [2.24, 2.45) is 5.92 Å². The Bertz CT molecular complexity index is 599. The first kappa shape index (κ1) is 18.4. The number of rotatable bonds is 6. The second kappa shape index (κ2) is 7.75. The highest BCUT2D eigenvalue weighted by Gasteiger charge is 2.21. The van der Waals surface area contributed by atoms with Gasteiger partial charge in [0.2, 0.25) is 10.0 Å². The Hall–Kier alpha value is -0.950. The maximum absolute atomic E-state index is 12.1. The Labute approximate surface area is 139 Å². The molecule has 3 atom stereocenters. The fraction of sp³-hybridized carbons (Fsp3) is 0.647. The van der Waals surface area contributed by atoms with E-state index in [1.165, 1.54) is 18.4 Å². The molecule has 1 saturated carbocycles. The first-order valence-corrected chi connectivity index (χ1v) is 9.68. The molecule has 3 unspecified atom stereocenters. The molecule has 0 radical (unpaired) electrons. The van der Waals surface area contributed by atoms with Gasteiger partial charge in [-0.1, -0.05) is 18.6 Å². The molecule has 0 heterocycles. The molecule has 130 valence electrons. The second-order valence-electron chi connectivity index (χ2n) is 6.67. The van der Waals surface area contributed by atoms with Gasteiger partial charge in [-0.25, -0.2) is 12.7 Å². The summed E-state index contributed by atoms with van der Waals surface area (Å²) in [5, 5.41) is 13.2. The van der Waals surface area contributed by atoms with E-state index in [-0.39, 0.29) is 12.1 Å². The Morgan fingerprint density at radius 3 is 2.48 bits per heavy atom. The van der Waals surface area contributed by atoms with E-state index in [4.69, 9.17) is 0 Å². The average Bonchev–Trinajstić information content (AvgIpc) is 2.52. The summed E-state index contributed by atoms with van der Waals surface area (Å²) in [4.78, 5) is 0.314. The minimum atomic E-state index is -3.37. The number of sulfonamides is 1. The number of hydrogen-bond acceptors (Lipinski definition) is 4. The number of benzene rings is 1. The molecule has 0 bridgehead atoms. The van der Waals surface area contributed by atoms with Crippen molar-refractivity contribution in [1.82, 2.24) is 9.62 Å². The van der Waals surface area contributed by atoms with E-state index in [1.54, 1.807) is 12.1 Å². The fourth-order valence-electron chi connectivity index (χ4n) is 3.05. The lowest BCUT2D eigenvalue weighted by Crippen LogP contribution is -2.30. The standard InChI is InChI=1S/C17H28N2O3S/c1-13(18-12-14-5-4-6-16(20)11-14)15-7-9-17(10-8-15)23(21,22)19(2)3/h7-10,13-14,16,18,20H,4-6,11-12H2,1-3H3. The molecule has 0 spiro atoms. The summed E-state index contributed by atoms with van der Waals surface area (Å²) in [6.07, 6.45) is 3.91. The third kappa shape index (κ3) is 4.76. The lowest BCUT2D eigenvalue weighted by Gasteiger charge is -2.27. The Kier molecular flexibility index (Phi) is 6.19. The molecule has 1 aliphatic rings. The van der Waals surface area contributed by atoms with Crippen LogP contribution in [0.3, 0.4) is 0 Å². The van der Waals surface area contributed by atoms with Gasteiger partial charge < -0.3 is 10.4 Å². The molecule has 1 aromatic rings. The van der Waals surface area contributed by atoms with Crippen LogP contribution in [-0.4, -0.2) is 44.6 Å². The third-order valence-electron chi connectivity index (χ3n) is 4.63. The van der Waals surface area contributed by atoms with Gasteiger partial charge in [0.15, 0.2) is 0 Å². The zero-order chi connectivity index (χ0) is 17.0. The number of hydrogen-bond donors (Lipinski definition) is 2. The van der Waals surface area contributed by atoms with E-state index in [0.717, 1.165) is 37.8 Å². The summed E-state index contributed by atoms with van der Waals surface area (Å²) < 4.78 is 25.3. The number of nitrogens with one attached hydrogen (secondary N) is 1. The maximum Gasteiger partial charge on any atom is 0.242 e. The summed E-state index contributed by atoms with van der Waals surface area (Å²) in [7, 11) is -0.302. The highest BCUT2D eigenvalue weighted by Crippen LogP contribution is 2.24. The highest BCUT2D eigenvalue weighted by molar-refractivity contribution is 7.89. The van der Waals surface area contributed by atoms with E-state index in [9.17, 15) is 13.5 Å². The van der Waals surface area contributed by atoms with Crippen molar-refractivity contribution in [3.63, 3.8) is 0 Å². The number of aliphatic hydroxyl groups is 1. The van der Waals surface area contributed by atoms with E-state index >= 15 is 0 Å². The first-order valence-electron chi connectivity index (χ1n) is 8.24. The Morgan fingerprint density at radius 2 is 1.91 bits per heavy atom. The third-order valence-corrected chi connectivity index (χ3v) is 6.46. The molecule has 1 aromatic carbocycles. The van der Waals surface area contributed by atoms with Crippen molar-refractivity contribution in [3.8, 4) is 0 Å². The number of nitrogens with zero attached hydrogens (tertiary/aromatic N) is 1. The average molecular weight is 340 g/mol. The summed E-state index contributed by atoms with van der Waals surface area (Å²) in [5.41, 5.74) is 1.07. The van der Waals surface area contributed by atoms with Gasteiger partial charge in [-0.2, -0.15) is 0 Å². The van der Waals surface area contributed by atoms with Crippen LogP contribution in [0.1, 0.15) is 44.2 Å². The second-order valence-corrected chi connectivity index (χ2v) is 8.82. The molecule has 0 amide bonds. The molecule has 2 rings (SSSR count). The molecule has 5 nitrogen and oxygen atoms in total. The van der Waals surface area contributed by atoms with Gasteiger partial charge in [0.25, 0.3) is 0 Å². The van der Waals surface area contributed by atoms with Gasteiger partial charge in [0.05, 0.1) is 11.0 Å². The van der Waals surface area contributed by atoms with Crippen LogP contribution in [0.5, 0.6) is 0 Å². The van der Waals surface area contributed by atoms with Gasteiger partial charge in [0.1, 0.15) is 0 Å². The molecular formula is C17H28N2O3S. The largest absolute Gasteiger partial charge is 0.393 e. The van der Waals surface area contributed by atoms with Gasteiger partial charge in [-0.05, 0) is 56.3 Å². The molecule has 2 N–H and O–H groups in total. The lowest BCUT2D eigenvalue weighted by molar-refractivity contribution is 0.0998. The van der Waals surface area contributed by atoms with Gasteiger partial charge in [-0.3, -0.25) is 0 Å². The van der Waals surface area contributed by atoms with Crippen molar-refractivity contribution >= 4 is 10.0 Å². The van der Waals surface area contributed by atoms with Crippen molar-refractivity contribution in [1.29, 1.82) is 0 Å². The normalized spacial score (nSPS) is 23.9. The van der Waals surface area contributed by atoms with E-state index in [2.05, 4.69) is 12.2 Å². The molecular weight excluding hydrogens is 312 g/mol. The molecule has 6 heteroatoms. The topological polar surface area (TPSA) is 69.6 Å². The quantitative estimate of drug-likeness (QED) is 0.832. The van der Waals surface area contributed by atoms with Crippen LogP contribution in [0.2, 0.25) is 0 Å². The van der Waals surface area contributed by atoms with Crippen LogP contribution in [-0.2, 0) is 10.0 Å². The van der Waals surface area contributed by atoms with Crippen molar-refractivity contribution in [3.05, 3.63) is 29.8 Å². The zero-order valence-corrected chi connectivity index (χ0v) is 15.0. The molecule has 1 aliphatic carbocycles. The highest BCUT2D eigenvalue weighted by atomic mass is 32.2. The van der Waals surface area contributed by atoms with Crippen molar-refractivity contribution in [2.75, 3.05) is 20.6 Å². The number of aliphatic hydroxyl groups excluding tert-OH is 1. The van der Waals surface area contributed by atoms with Crippen LogP contribution >= 0.6 is 0 Å². The van der Waals surface area contributed by atoms with Crippen LogP contribution in [0, 0.1) is 5.92 Å². The SMILES string of the molecule is CC(NCC1CCCC(O)C1)c1ccc(S(=O)(=O)N(C)C)cc1. The van der Waals surface area contributed by atoms with Crippen molar-refractivity contribution < 1.29 is 13.5 Å². The Morgan fingerprint density at radius 1 is 1.26 bits per heavy atom. The molecule has 23 heavy (non-hydrogen) atoms. The summed E-state index contributed by atoms with van der Waals surface area (Å²) >= 11 is 0. The minimum absolute atomic E-state index is 0.152. The predicted molar refractivity (Wildman–Crippen MR) is 91.7 cm³/mol. The smallest absolute Gasteiger partial charge is 0.242 e. The summed E-state index contributed by atoms with van der Waals surface area (Å²) in [6, 6.07) is 7.21. The Balaban J connectivity index is 1.94. The monoisotopic (exact) mass is 340 g/mol. The van der Waals surface area contributed by atoms with Gasteiger partial charge in [-0.15, -0.1) is 0 Å².